The second kappa shape index (κ2) is 7.05. The van der Waals surface area contributed by atoms with Crippen molar-refractivity contribution >= 4 is 52.5 Å². The highest BCUT2D eigenvalue weighted by Crippen LogP contribution is 2.41. The van der Waals surface area contributed by atoms with Crippen molar-refractivity contribution in [1.29, 1.82) is 0 Å². The molecule has 3 rings (SSSR count). The summed E-state index contributed by atoms with van der Waals surface area (Å²) in [7, 11) is 0. The Balaban J connectivity index is 1.97. The van der Waals surface area contributed by atoms with Gasteiger partial charge in [-0.05, 0) is 35.9 Å². The Morgan fingerprint density at radius 1 is 1.17 bits per heavy atom. The normalized spacial score (nSPS) is 16.8. The van der Waals surface area contributed by atoms with Crippen molar-refractivity contribution in [3.05, 3.63) is 58.1 Å². The minimum absolute atomic E-state index is 0.218. The number of anilines is 1. The largest absolute Gasteiger partial charge is 0.481 e. The Bertz CT molecular complexity index is 792. The number of aliphatic carboxylic acids is 1. The van der Waals surface area contributed by atoms with Crippen LogP contribution in [0.15, 0.2) is 47.4 Å². The molecule has 0 fully saturated rings. The van der Waals surface area contributed by atoms with Crippen molar-refractivity contribution in [2.45, 2.75) is 23.1 Å². The zero-order valence-electron chi connectivity index (χ0n) is 12.4. The highest BCUT2D eigenvalue weighted by atomic mass is 35.5. The number of hydrogen-bond donors (Lipinski definition) is 1. The predicted octanol–water partition coefficient (Wildman–Crippen LogP) is 4.48. The first-order valence-electron chi connectivity index (χ1n) is 7.18. The van der Waals surface area contributed by atoms with E-state index < -0.39 is 11.2 Å². The Morgan fingerprint density at radius 2 is 1.83 bits per heavy atom. The minimum Gasteiger partial charge on any atom is -0.481 e. The van der Waals surface area contributed by atoms with Crippen LogP contribution < -0.4 is 4.90 Å². The molecule has 1 amide bonds. The van der Waals surface area contributed by atoms with Crippen LogP contribution in [0.1, 0.15) is 12.0 Å². The molecule has 2 aromatic carbocycles. The fraction of sp³-hybridized carbons (Fsp3) is 0.176. The maximum atomic E-state index is 12.8. The van der Waals surface area contributed by atoms with Crippen molar-refractivity contribution in [3.63, 3.8) is 0 Å². The number of halogens is 2. The van der Waals surface area contributed by atoms with Crippen LogP contribution in [-0.2, 0) is 16.1 Å². The average Bonchev–Trinajstić information content (AvgIpc) is 2.50. The number of thioether (sulfide) groups is 1. The molecular weight excluding hydrogens is 369 g/mol. The first kappa shape index (κ1) is 17.1. The lowest BCUT2D eigenvalue weighted by Crippen LogP contribution is -2.41. The van der Waals surface area contributed by atoms with E-state index in [1.165, 1.54) is 11.8 Å². The lowest BCUT2D eigenvalue weighted by atomic mass is 10.1. The zero-order chi connectivity index (χ0) is 17.3. The first-order chi connectivity index (χ1) is 11.4. The van der Waals surface area contributed by atoms with E-state index in [1.807, 2.05) is 24.3 Å². The van der Waals surface area contributed by atoms with Gasteiger partial charge in [0.05, 0.1) is 23.9 Å². The molecule has 124 valence electrons. The molecule has 1 aliphatic heterocycles. The molecule has 1 aliphatic rings. The molecule has 0 aromatic heterocycles. The molecule has 0 bridgehead atoms. The summed E-state index contributed by atoms with van der Waals surface area (Å²) in [5, 5.41) is 9.40. The van der Waals surface area contributed by atoms with E-state index in [4.69, 9.17) is 28.3 Å². The van der Waals surface area contributed by atoms with E-state index in [2.05, 4.69) is 0 Å². The smallest absolute Gasteiger partial charge is 0.305 e. The predicted molar refractivity (Wildman–Crippen MR) is 96.0 cm³/mol. The second-order valence-electron chi connectivity index (χ2n) is 5.37. The fourth-order valence-corrected chi connectivity index (χ4v) is 4.40. The molecule has 0 saturated heterocycles. The summed E-state index contributed by atoms with van der Waals surface area (Å²) in [6.07, 6.45) is -0.218. The van der Waals surface area contributed by atoms with E-state index in [1.54, 1.807) is 23.1 Å². The molecule has 2 aromatic rings. The number of nitrogens with zero attached hydrogens (tertiary/aromatic N) is 1. The number of carbonyl (C=O) groups is 2. The molecule has 1 heterocycles. The van der Waals surface area contributed by atoms with Crippen LogP contribution in [-0.4, -0.2) is 22.2 Å². The number of rotatable bonds is 4. The minimum atomic E-state index is -0.994. The van der Waals surface area contributed by atoms with Crippen LogP contribution in [0.4, 0.5) is 5.69 Å². The van der Waals surface area contributed by atoms with E-state index >= 15 is 0 Å². The third-order valence-corrected chi connectivity index (χ3v) is 5.28. The van der Waals surface area contributed by atoms with Gasteiger partial charge in [0.25, 0.3) is 0 Å². The zero-order valence-corrected chi connectivity index (χ0v) is 14.7. The molecular formula is C17H13Cl2NO3S. The molecule has 4 nitrogen and oxygen atoms in total. The Morgan fingerprint density at radius 3 is 2.50 bits per heavy atom. The van der Waals surface area contributed by atoms with Gasteiger partial charge < -0.3 is 10.0 Å². The van der Waals surface area contributed by atoms with Gasteiger partial charge in [-0.25, -0.2) is 0 Å². The fourth-order valence-electron chi connectivity index (χ4n) is 2.61. The van der Waals surface area contributed by atoms with Gasteiger partial charge in [0, 0.05) is 14.9 Å². The summed E-state index contributed by atoms with van der Waals surface area (Å²) in [6, 6.07) is 12.6. The summed E-state index contributed by atoms with van der Waals surface area (Å²) < 4.78 is 0. The van der Waals surface area contributed by atoms with Crippen molar-refractivity contribution in [3.8, 4) is 0 Å². The molecule has 7 heteroatoms. The third-order valence-electron chi connectivity index (χ3n) is 3.59. The monoisotopic (exact) mass is 381 g/mol. The highest BCUT2D eigenvalue weighted by molar-refractivity contribution is 8.01. The standard InChI is InChI=1S/C17H13Cl2NO3S/c18-11-5-10(6-12(19)7-11)9-20-13-3-1-2-4-14(13)24-15(17(20)23)8-16(21)22/h1-7,15H,8-9H2,(H,21,22). The SMILES string of the molecule is O=C(O)CC1Sc2ccccc2N(Cc2cc(Cl)cc(Cl)c2)C1=O. The summed E-state index contributed by atoms with van der Waals surface area (Å²) in [6.45, 7) is 0.285. The van der Waals surface area contributed by atoms with E-state index in [9.17, 15) is 9.59 Å². The van der Waals surface area contributed by atoms with Gasteiger partial charge in [-0.15, -0.1) is 11.8 Å². The number of carboxylic acid groups (broad SMARTS) is 1. The lowest BCUT2D eigenvalue weighted by molar-refractivity contribution is -0.138. The van der Waals surface area contributed by atoms with E-state index in [-0.39, 0.29) is 18.9 Å². The number of carboxylic acids is 1. The summed E-state index contributed by atoms with van der Waals surface area (Å²) in [5.41, 5.74) is 1.56. The number of amides is 1. The van der Waals surface area contributed by atoms with Crippen LogP contribution in [0.3, 0.4) is 0 Å². The lowest BCUT2D eigenvalue weighted by Gasteiger charge is -2.33. The quantitative estimate of drug-likeness (QED) is 0.848. The molecule has 0 aliphatic carbocycles. The summed E-state index contributed by atoms with van der Waals surface area (Å²) >= 11 is 13.4. The Labute approximate surface area is 153 Å². The molecule has 24 heavy (non-hydrogen) atoms. The van der Waals surface area contributed by atoms with Gasteiger partial charge in [0.2, 0.25) is 5.91 Å². The van der Waals surface area contributed by atoms with Crippen molar-refractivity contribution in [1.82, 2.24) is 0 Å². The van der Waals surface area contributed by atoms with Crippen molar-refractivity contribution in [2.24, 2.45) is 0 Å². The van der Waals surface area contributed by atoms with Crippen LogP contribution in [0.25, 0.3) is 0 Å². The third kappa shape index (κ3) is 3.69. The van der Waals surface area contributed by atoms with Crippen molar-refractivity contribution < 1.29 is 14.7 Å². The number of fused-ring (bicyclic) bond motifs is 1. The molecule has 1 N–H and O–H groups in total. The first-order valence-corrected chi connectivity index (χ1v) is 8.81. The van der Waals surface area contributed by atoms with Crippen LogP contribution >= 0.6 is 35.0 Å². The maximum Gasteiger partial charge on any atom is 0.305 e. The van der Waals surface area contributed by atoms with E-state index in [0.717, 1.165) is 16.1 Å². The van der Waals surface area contributed by atoms with Gasteiger partial charge in [-0.2, -0.15) is 0 Å². The maximum absolute atomic E-state index is 12.8. The average molecular weight is 382 g/mol. The van der Waals surface area contributed by atoms with Gasteiger partial charge in [-0.1, -0.05) is 35.3 Å². The Kier molecular flexibility index (Phi) is 5.04. The van der Waals surface area contributed by atoms with E-state index in [0.29, 0.717) is 10.0 Å². The summed E-state index contributed by atoms with van der Waals surface area (Å²) in [5.74, 6) is -1.22. The highest BCUT2D eigenvalue weighted by Gasteiger charge is 2.34. The van der Waals surface area contributed by atoms with Crippen LogP contribution in [0.5, 0.6) is 0 Å². The van der Waals surface area contributed by atoms with Crippen LogP contribution in [0.2, 0.25) is 10.0 Å². The number of benzene rings is 2. The molecule has 0 spiro atoms. The topological polar surface area (TPSA) is 57.6 Å². The second-order valence-corrected chi connectivity index (χ2v) is 7.49. The number of hydrogen-bond acceptors (Lipinski definition) is 3. The molecule has 0 radical (unpaired) electrons. The number of para-hydroxylation sites is 1. The van der Waals surface area contributed by atoms with Gasteiger partial charge in [0.1, 0.15) is 0 Å². The molecule has 1 atom stereocenters. The van der Waals surface area contributed by atoms with Gasteiger partial charge >= 0.3 is 5.97 Å². The molecule has 0 saturated carbocycles. The number of carbonyl (C=O) groups excluding carboxylic acids is 1. The molecule has 1 unspecified atom stereocenters. The van der Waals surface area contributed by atoms with Crippen molar-refractivity contribution in [2.75, 3.05) is 4.90 Å². The van der Waals surface area contributed by atoms with Gasteiger partial charge in [0.15, 0.2) is 0 Å². The Hall–Kier alpha value is -1.69. The summed E-state index contributed by atoms with van der Waals surface area (Å²) in [4.78, 5) is 26.3. The van der Waals surface area contributed by atoms with Gasteiger partial charge in [-0.3, -0.25) is 9.59 Å². The van der Waals surface area contributed by atoms with Crippen LogP contribution in [0, 0.1) is 0 Å².